The first-order chi connectivity index (χ1) is 10.6. The first kappa shape index (κ1) is 15.3. The molecule has 0 bridgehead atoms. The normalized spacial score (nSPS) is 18.3. The molecule has 4 nitrogen and oxygen atoms in total. The minimum absolute atomic E-state index is 0.0312. The van der Waals surface area contributed by atoms with Crippen molar-refractivity contribution in [2.24, 2.45) is 0 Å². The number of carbonyl (C=O) groups is 1. The second-order valence-electron chi connectivity index (χ2n) is 6.10. The fourth-order valence-corrected chi connectivity index (χ4v) is 3.93. The summed E-state index contributed by atoms with van der Waals surface area (Å²) in [6, 6.07) is 10.8. The van der Waals surface area contributed by atoms with Gasteiger partial charge in [0.1, 0.15) is 0 Å². The Balaban J connectivity index is 1.56. The van der Waals surface area contributed by atoms with Crippen LogP contribution in [0.5, 0.6) is 0 Å². The van der Waals surface area contributed by atoms with E-state index in [9.17, 15) is 4.79 Å². The second-order valence-corrected chi connectivity index (χ2v) is 7.22. The van der Waals surface area contributed by atoms with Crippen LogP contribution in [0.2, 0.25) is 0 Å². The molecule has 1 unspecified atom stereocenters. The molecule has 1 saturated heterocycles. The van der Waals surface area contributed by atoms with E-state index in [2.05, 4.69) is 40.8 Å². The Labute approximate surface area is 135 Å². The third kappa shape index (κ3) is 3.59. The molecule has 1 fully saturated rings. The van der Waals surface area contributed by atoms with Crippen molar-refractivity contribution < 1.29 is 4.79 Å². The standard InChI is InChI=1S/C17H23N3OS/c1-12(16-11-13-5-3-4-6-15(13)22-16)18-17(21)19-14-7-9-20(2)10-8-14/h3-6,11-12,14H,7-10H2,1-2H3,(H2,18,19,21). The number of carbonyl (C=O) groups excluding carboxylic acids is 1. The summed E-state index contributed by atoms with van der Waals surface area (Å²) in [7, 11) is 2.12. The average molecular weight is 317 g/mol. The Morgan fingerprint density at radius 1 is 1.32 bits per heavy atom. The Hall–Kier alpha value is -1.59. The summed E-state index contributed by atoms with van der Waals surface area (Å²) in [5.74, 6) is 0. The number of urea groups is 1. The van der Waals surface area contributed by atoms with Gasteiger partial charge in [0.15, 0.2) is 0 Å². The summed E-state index contributed by atoms with van der Waals surface area (Å²) in [4.78, 5) is 15.7. The van der Waals surface area contributed by atoms with Gasteiger partial charge in [0.2, 0.25) is 0 Å². The molecular formula is C17H23N3OS. The van der Waals surface area contributed by atoms with Crippen LogP contribution in [0.3, 0.4) is 0 Å². The molecule has 0 radical (unpaired) electrons. The molecule has 1 aromatic heterocycles. The van der Waals surface area contributed by atoms with Gasteiger partial charge in [-0.15, -0.1) is 11.3 Å². The molecule has 118 valence electrons. The van der Waals surface area contributed by atoms with Crippen LogP contribution in [0.15, 0.2) is 30.3 Å². The zero-order chi connectivity index (χ0) is 15.5. The molecule has 0 spiro atoms. The van der Waals surface area contributed by atoms with E-state index in [4.69, 9.17) is 0 Å². The van der Waals surface area contributed by atoms with Crippen LogP contribution in [0, 0.1) is 0 Å². The number of likely N-dealkylation sites (tertiary alicyclic amines) is 1. The molecule has 2 aromatic rings. The van der Waals surface area contributed by atoms with E-state index in [1.54, 1.807) is 11.3 Å². The van der Waals surface area contributed by atoms with Crippen LogP contribution < -0.4 is 10.6 Å². The summed E-state index contributed by atoms with van der Waals surface area (Å²) >= 11 is 1.74. The van der Waals surface area contributed by atoms with Crippen molar-refractivity contribution in [2.75, 3.05) is 20.1 Å². The quantitative estimate of drug-likeness (QED) is 0.912. The van der Waals surface area contributed by atoms with Gasteiger partial charge in [0.25, 0.3) is 0 Å². The molecule has 3 rings (SSSR count). The van der Waals surface area contributed by atoms with E-state index >= 15 is 0 Å². The zero-order valence-corrected chi connectivity index (χ0v) is 14.0. The van der Waals surface area contributed by atoms with Crippen LogP contribution in [0.25, 0.3) is 10.1 Å². The molecule has 1 aliphatic heterocycles. The highest BCUT2D eigenvalue weighted by Gasteiger charge is 2.19. The van der Waals surface area contributed by atoms with Crippen LogP contribution in [0.4, 0.5) is 4.79 Å². The molecule has 1 aliphatic rings. The van der Waals surface area contributed by atoms with Crippen molar-refractivity contribution in [3.8, 4) is 0 Å². The van der Waals surface area contributed by atoms with Crippen molar-refractivity contribution >= 4 is 27.5 Å². The van der Waals surface area contributed by atoms with Crippen LogP contribution in [0.1, 0.15) is 30.7 Å². The summed E-state index contributed by atoms with van der Waals surface area (Å²) in [6.07, 6.45) is 2.06. The highest BCUT2D eigenvalue weighted by molar-refractivity contribution is 7.19. The van der Waals surface area contributed by atoms with E-state index < -0.39 is 0 Å². The predicted molar refractivity (Wildman–Crippen MR) is 92.4 cm³/mol. The van der Waals surface area contributed by atoms with Crippen LogP contribution in [-0.4, -0.2) is 37.1 Å². The maximum absolute atomic E-state index is 12.2. The largest absolute Gasteiger partial charge is 0.335 e. The molecular weight excluding hydrogens is 294 g/mol. The average Bonchev–Trinajstić information content (AvgIpc) is 2.93. The number of hydrogen-bond acceptors (Lipinski definition) is 3. The van der Waals surface area contributed by atoms with Gasteiger partial charge >= 0.3 is 6.03 Å². The SMILES string of the molecule is CC(NC(=O)NC1CCN(C)CC1)c1cc2ccccc2s1. The summed E-state index contributed by atoms with van der Waals surface area (Å²) < 4.78 is 1.27. The van der Waals surface area contributed by atoms with E-state index in [0.717, 1.165) is 25.9 Å². The maximum Gasteiger partial charge on any atom is 0.315 e. The third-order valence-electron chi connectivity index (χ3n) is 4.27. The lowest BCUT2D eigenvalue weighted by atomic mass is 10.1. The van der Waals surface area contributed by atoms with Gasteiger partial charge in [0.05, 0.1) is 6.04 Å². The van der Waals surface area contributed by atoms with Gasteiger partial charge in [-0.05, 0) is 57.4 Å². The van der Waals surface area contributed by atoms with Gasteiger partial charge < -0.3 is 15.5 Å². The number of nitrogens with one attached hydrogen (secondary N) is 2. The molecule has 1 atom stereocenters. The third-order valence-corrected chi connectivity index (χ3v) is 5.57. The van der Waals surface area contributed by atoms with E-state index in [1.807, 2.05) is 19.1 Å². The van der Waals surface area contributed by atoms with Gasteiger partial charge in [-0.3, -0.25) is 0 Å². The Morgan fingerprint density at radius 3 is 2.77 bits per heavy atom. The van der Waals surface area contributed by atoms with Gasteiger partial charge in [0, 0.05) is 15.6 Å². The highest BCUT2D eigenvalue weighted by atomic mass is 32.1. The lowest BCUT2D eigenvalue weighted by Gasteiger charge is -2.29. The topological polar surface area (TPSA) is 44.4 Å². The van der Waals surface area contributed by atoms with E-state index in [-0.39, 0.29) is 12.1 Å². The number of amides is 2. The summed E-state index contributed by atoms with van der Waals surface area (Å²) in [6.45, 7) is 4.15. The number of benzene rings is 1. The van der Waals surface area contributed by atoms with Crippen LogP contribution in [-0.2, 0) is 0 Å². The lowest BCUT2D eigenvalue weighted by Crippen LogP contribution is -2.47. The lowest BCUT2D eigenvalue weighted by molar-refractivity contribution is 0.212. The summed E-state index contributed by atoms with van der Waals surface area (Å²) in [5.41, 5.74) is 0. The minimum Gasteiger partial charge on any atom is -0.335 e. The number of thiophene rings is 1. The second kappa shape index (κ2) is 6.67. The Bertz CT molecular complexity index is 613. The van der Waals surface area contributed by atoms with Gasteiger partial charge in [-0.1, -0.05) is 18.2 Å². The molecule has 22 heavy (non-hydrogen) atoms. The van der Waals surface area contributed by atoms with Crippen LogP contribution >= 0.6 is 11.3 Å². The molecule has 2 heterocycles. The van der Waals surface area contributed by atoms with Gasteiger partial charge in [-0.2, -0.15) is 0 Å². The number of rotatable bonds is 3. The number of nitrogens with zero attached hydrogens (tertiary/aromatic N) is 1. The van der Waals surface area contributed by atoms with Crippen molar-refractivity contribution in [3.63, 3.8) is 0 Å². The maximum atomic E-state index is 12.2. The molecule has 1 aromatic carbocycles. The molecule has 0 aliphatic carbocycles. The monoisotopic (exact) mass is 317 g/mol. The molecule has 2 amide bonds. The predicted octanol–water partition coefficient (Wildman–Crippen LogP) is 3.36. The first-order valence-corrected chi connectivity index (χ1v) is 8.67. The highest BCUT2D eigenvalue weighted by Crippen LogP contribution is 2.29. The molecule has 2 N–H and O–H groups in total. The van der Waals surface area contributed by atoms with Crippen molar-refractivity contribution in [2.45, 2.75) is 31.8 Å². The number of piperidine rings is 1. The smallest absolute Gasteiger partial charge is 0.315 e. The molecule has 0 saturated carbocycles. The van der Waals surface area contributed by atoms with Crippen molar-refractivity contribution in [1.29, 1.82) is 0 Å². The first-order valence-electron chi connectivity index (χ1n) is 7.86. The van der Waals surface area contributed by atoms with Gasteiger partial charge in [-0.25, -0.2) is 4.79 Å². The Kier molecular flexibility index (Phi) is 4.64. The van der Waals surface area contributed by atoms with E-state index in [1.165, 1.54) is 15.0 Å². The minimum atomic E-state index is -0.0560. The zero-order valence-electron chi connectivity index (χ0n) is 13.1. The van der Waals surface area contributed by atoms with Crippen molar-refractivity contribution in [1.82, 2.24) is 15.5 Å². The number of fused-ring (bicyclic) bond motifs is 1. The number of hydrogen-bond donors (Lipinski definition) is 2. The fraction of sp³-hybridized carbons (Fsp3) is 0.471. The Morgan fingerprint density at radius 2 is 2.05 bits per heavy atom. The van der Waals surface area contributed by atoms with E-state index in [0.29, 0.717) is 6.04 Å². The molecule has 5 heteroatoms. The summed E-state index contributed by atoms with van der Waals surface area (Å²) in [5, 5.41) is 7.41. The van der Waals surface area contributed by atoms with Crippen molar-refractivity contribution in [3.05, 3.63) is 35.2 Å². The fourth-order valence-electron chi connectivity index (χ4n) is 2.86.